The van der Waals surface area contributed by atoms with Gasteiger partial charge in [0.25, 0.3) is 0 Å². The van der Waals surface area contributed by atoms with Gasteiger partial charge in [-0.2, -0.15) is 11.8 Å². The molecule has 17 heavy (non-hydrogen) atoms. The van der Waals surface area contributed by atoms with Crippen LogP contribution in [0.2, 0.25) is 0 Å². The van der Waals surface area contributed by atoms with Crippen molar-refractivity contribution in [2.45, 2.75) is 38.6 Å². The molecule has 0 radical (unpaired) electrons. The first-order valence-electron chi connectivity index (χ1n) is 6.44. The minimum Gasteiger partial charge on any atom is -0.317 e. The van der Waals surface area contributed by atoms with E-state index in [1.807, 2.05) is 0 Å². The SMILES string of the molecule is CNC(Cc1nc(C)cs1)CC1CCSCC1. The van der Waals surface area contributed by atoms with Gasteiger partial charge < -0.3 is 5.32 Å². The number of likely N-dealkylation sites (N-methyl/N-ethyl adjacent to an activating group) is 1. The Kier molecular flexibility index (Phi) is 5.32. The van der Waals surface area contributed by atoms with E-state index in [1.54, 1.807) is 11.3 Å². The number of nitrogens with one attached hydrogen (secondary N) is 1. The normalized spacial score (nSPS) is 19.4. The number of hydrogen-bond donors (Lipinski definition) is 1. The number of thioether (sulfide) groups is 1. The average molecular weight is 270 g/mol. The third kappa shape index (κ3) is 4.27. The molecular weight excluding hydrogens is 248 g/mol. The van der Waals surface area contributed by atoms with E-state index in [0.717, 1.165) is 18.0 Å². The molecule has 0 amide bonds. The summed E-state index contributed by atoms with van der Waals surface area (Å²) in [6.45, 7) is 2.08. The third-order valence-electron chi connectivity index (χ3n) is 3.45. The molecule has 0 aromatic carbocycles. The first-order valence-corrected chi connectivity index (χ1v) is 8.47. The second kappa shape index (κ2) is 6.76. The topological polar surface area (TPSA) is 24.9 Å². The average Bonchev–Trinajstić information content (AvgIpc) is 2.75. The van der Waals surface area contributed by atoms with Gasteiger partial charge in [0.15, 0.2) is 0 Å². The second-order valence-corrected chi connectivity index (χ2v) is 7.03. The molecule has 96 valence electrons. The summed E-state index contributed by atoms with van der Waals surface area (Å²) < 4.78 is 0. The van der Waals surface area contributed by atoms with Crippen LogP contribution in [0, 0.1) is 12.8 Å². The van der Waals surface area contributed by atoms with Crippen molar-refractivity contribution < 1.29 is 0 Å². The zero-order valence-electron chi connectivity index (χ0n) is 10.7. The first-order chi connectivity index (χ1) is 8.28. The Morgan fingerprint density at radius 3 is 2.82 bits per heavy atom. The molecule has 1 aliphatic rings. The van der Waals surface area contributed by atoms with Crippen molar-refractivity contribution >= 4 is 23.1 Å². The second-order valence-electron chi connectivity index (χ2n) is 4.86. The van der Waals surface area contributed by atoms with Crippen LogP contribution in [-0.2, 0) is 6.42 Å². The quantitative estimate of drug-likeness (QED) is 0.890. The van der Waals surface area contributed by atoms with Gasteiger partial charge in [0.2, 0.25) is 0 Å². The van der Waals surface area contributed by atoms with E-state index in [9.17, 15) is 0 Å². The fourth-order valence-electron chi connectivity index (χ4n) is 2.39. The number of aromatic nitrogens is 1. The maximum absolute atomic E-state index is 4.57. The monoisotopic (exact) mass is 270 g/mol. The van der Waals surface area contributed by atoms with E-state index in [-0.39, 0.29) is 0 Å². The van der Waals surface area contributed by atoms with Gasteiger partial charge in [-0.15, -0.1) is 11.3 Å². The Hall–Kier alpha value is -0.0600. The van der Waals surface area contributed by atoms with Crippen molar-refractivity contribution in [3.63, 3.8) is 0 Å². The number of aryl methyl sites for hydroxylation is 1. The molecule has 1 aromatic heterocycles. The van der Waals surface area contributed by atoms with E-state index in [1.165, 1.54) is 35.8 Å². The van der Waals surface area contributed by atoms with Gasteiger partial charge in [-0.3, -0.25) is 0 Å². The van der Waals surface area contributed by atoms with Crippen molar-refractivity contribution in [2.24, 2.45) is 5.92 Å². The van der Waals surface area contributed by atoms with Crippen LogP contribution < -0.4 is 5.32 Å². The summed E-state index contributed by atoms with van der Waals surface area (Å²) in [7, 11) is 2.09. The summed E-state index contributed by atoms with van der Waals surface area (Å²) in [5.41, 5.74) is 1.16. The van der Waals surface area contributed by atoms with Gasteiger partial charge >= 0.3 is 0 Å². The summed E-state index contributed by atoms with van der Waals surface area (Å²) >= 11 is 3.91. The predicted molar refractivity (Wildman–Crippen MR) is 78.1 cm³/mol. The van der Waals surface area contributed by atoms with Gasteiger partial charge in [-0.25, -0.2) is 4.98 Å². The van der Waals surface area contributed by atoms with Crippen molar-refractivity contribution in [3.8, 4) is 0 Å². The van der Waals surface area contributed by atoms with Crippen LogP contribution in [0.4, 0.5) is 0 Å². The van der Waals surface area contributed by atoms with Crippen molar-refractivity contribution in [1.29, 1.82) is 0 Å². The molecule has 1 fully saturated rings. The third-order valence-corrected chi connectivity index (χ3v) is 5.49. The number of thiazole rings is 1. The summed E-state index contributed by atoms with van der Waals surface area (Å²) in [6, 6.07) is 0.605. The Labute approximate surface area is 113 Å². The Morgan fingerprint density at radius 2 is 2.24 bits per heavy atom. The van der Waals surface area contributed by atoms with Gasteiger partial charge in [0, 0.05) is 23.5 Å². The van der Waals surface area contributed by atoms with Crippen LogP contribution in [0.5, 0.6) is 0 Å². The number of hydrogen-bond acceptors (Lipinski definition) is 4. The van der Waals surface area contributed by atoms with Gasteiger partial charge in [0.05, 0.1) is 5.01 Å². The molecule has 1 saturated heterocycles. The fraction of sp³-hybridized carbons (Fsp3) is 0.769. The molecule has 0 aliphatic carbocycles. The maximum Gasteiger partial charge on any atom is 0.0943 e. The predicted octanol–water partition coefficient (Wildman–Crippen LogP) is 3.12. The molecule has 2 nitrogen and oxygen atoms in total. The summed E-state index contributed by atoms with van der Waals surface area (Å²) in [5, 5.41) is 6.90. The molecule has 1 N–H and O–H groups in total. The number of nitrogens with zero attached hydrogens (tertiary/aromatic N) is 1. The van der Waals surface area contributed by atoms with Crippen LogP contribution in [0.1, 0.15) is 30.0 Å². The van der Waals surface area contributed by atoms with Crippen LogP contribution in [-0.4, -0.2) is 29.6 Å². The lowest BCUT2D eigenvalue weighted by Crippen LogP contribution is -2.31. The summed E-state index contributed by atoms with van der Waals surface area (Å²) in [5.74, 6) is 3.64. The molecule has 0 saturated carbocycles. The largest absolute Gasteiger partial charge is 0.317 e. The molecule has 0 spiro atoms. The van der Waals surface area contributed by atoms with Crippen molar-refractivity contribution in [3.05, 3.63) is 16.1 Å². The Balaban J connectivity index is 1.83. The molecule has 4 heteroatoms. The fourth-order valence-corrected chi connectivity index (χ4v) is 4.45. The van der Waals surface area contributed by atoms with Crippen LogP contribution in [0.3, 0.4) is 0 Å². The highest BCUT2D eigenvalue weighted by Crippen LogP contribution is 2.27. The lowest BCUT2D eigenvalue weighted by molar-refractivity contribution is 0.376. The van der Waals surface area contributed by atoms with E-state index in [2.05, 4.69) is 41.4 Å². The molecule has 1 atom stereocenters. The lowest BCUT2D eigenvalue weighted by atomic mass is 9.93. The smallest absolute Gasteiger partial charge is 0.0943 e. The summed E-state index contributed by atoms with van der Waals surface area (Å²) in [6.07, 6.45) is 5.22. The summed E-state index contributed by atoms with van der Waals surface area (Å²) in [4.78, 5) is 4.57. The zero-order chi connectivity index (χ0) is 12.1. The zero-order valence-corrected chi connectivity index (χ0v) is 12.4. The maximum atomic E-state index is 4.57. The molecule has 1 unspecified atom stereocenters. The van der Waals surface area contributed by atoms with Gasteiger partial charge in [-0.1, -0.05) is 0 Å². The molecule has 0 bridgehead atoms. The minimum atomic E-state index is 0.605. The van der Waals surface area contributed by atoms with Crippen LogP contribution >= 0.6 is 23.1 Å². The minimum absolute atomic E-state index is 0.605. The molecule has 1 aromatic rings. The Bertz CT molecular complexity index is 332. The molecule has 2 rings (SSSR count). The van der Waals surface area contributed by atoms with Gasteiger partial charge in [-0.05, 0) is 50.7 Å². The lowest BCUT2D eigenvalue weighted by Gasteiger charge is -2.25. The highest BCUT2D eigenvalue weighted by atomic mass is 32.2. The van der Waals surface area contributed by atoms with E-state index in [4.69, 9.17) is 0 Å². The molecule has 1 aliphatic heterocycles. The first kappa shape index (κ1) is 13.4. The highest BCUT2D eigenvalue weighted by molar-refractivity contribution is 7.99. The Morgan fingerprint density at radius 1 is 1.47 bits per heavy atom. The van der Waals surface area contributed by atoms with Crippen molar-refractivity contribution in [2.75, 3.05) is 18.6 Å². The molecular formula is C13H22N2S2. The van der Waals surface area contributed by atoms with Crippen LogP contribution in [0.25, 0.3) is 0 Å². The number of rotatable bonds is 5. The van der Waals surface area contributed by atoms with E-state index in [0.29, 0.717) is 6.04 Å². The van der Waals surface area contributed by atoms with Crippen LogP contribution in [0.15, 0.2) is 5.38 Å². The van der Waals surface area contributed by atoms with Gasteiger partial charge in [0.1, 0.15) is 0 Å². The van der Waals surface area contributed by atoms with E-state index >= 15 is 0 Å². The van der Waals surface area contributed by atoms with E-state index < -0.39 is 0 Å². The molecule has 2 heterocycles. The highest BCUT2D eigenvalue weighted by Gasteiger charge is 2.19. The standard InChI is InChI=1S/C13H22N2S2/c1-10-9-17-13(15-10)8-12(14-2)7-11-3-5-16-6-4-11/h9,11-12,14H,3-8H2,1-2H3. The van der Waals surface area contributed by atoms with Crippen molar-refractivity contribution in [1.82, 2.24) is 10.3 Å².